The second-order valence-electron chi connectivity index (χ2n) is 6.28. The monoisotopic (exact) mass is 317 g/mol. The van der Waals surface area contributed by atoms with E-state index in [0.29, 0.717) is 24.0 Å². The predicted molar refractivity (Wildman–Crippen MR) is 91.9 cm³/mol. The fraction of sp³-hybridized carbons (Fsp3) is 0.526. The molecule has 0 radical (unpaired) electrons. The largest absolute Gasteiger partial charge is 0.489 e. The lowest BCUT2D eigenvalue weighted by atomic mass is 10.1. The molecule has 1 aliphatic rings. The van der Waals surface area contributed by atoms with Crippen LogP contribution in [0.3, 0.4) is 0 Å². The molecular formula is C19H27NO3. The summed E-state index contributed by atoms with van der Waals surface area (Å²) in [6.07, 6.45) is 4.70. The quantitative estimate of drug-likeness (QED) is 0.687. The van der Waals surface area contributed by atoms with Crippen molar-refractivity contribution < 1.29 is 14.3 Å². The molecule has 1 unspecified atom stereocenters. The molecule has 23 heavy (non-hydrogen) atoms. The maximum atomic E-state index is 12.5. The van der Waals surface area contributed by atoms with Crippen LogP contribution >= 0.6 is 0 Å². The molecule has 1 heterocycles. The minimum atomic E-state index is 0.0260. The maximum absolute atomic E-state index is 12.5. The standard InChI is InChI=1S/C19H27NO3/c1-15(2)14-23-18-8-4-7-16(13-18)19(21)20(3)11-5-9-17-10-6-12-22-17/h4,7-8,13,17H,1,5-6,9-12,14H2,2-3H3. The van der Waals surface area contributed by atoms with E-state index < -0.39 is 0 Å². The maximum Gasteiger partial charge on any atom is 0.253 e. The van der Waals surface area contributed by atoms with Gasteiger partial charge in [0.1, 0.15) is 12.4 Å². The molecule has 0 bridgehead atoms. The van der Waals surface area contributed by atoms with Crippen molar-refractivity contribution in [3.63, 3.8) is 0 Å². The number of hydrogen-bond acceptors (Lipinski definition) is 3. The van der Waals surface area contributed by atoms with Crippen LogP contribution in [-0.2, 0) is 4.74 Å². The highest BCUT2D eigenvalue weighted by Gasteiger charge is 2.17. The first-order chi connectivity index (χ1) is 11.1. The summed E-state index contributed by atoms with van der Waals surface area (Å²) in [7, 11) is 1.85. The average Bonchev–Trinajstić information content (AvgIpc) is 3.05. The summed E-state index contributed by atoms with van der Waals surface area (Å²) < 4.78 is 11.2. The lowest BCUT2D eigenvalue weighted by Crippen LogP contribution is -2.28. The Morgan fingerprint density at radius 2 is 2.30 bits per heavy atom. The van der Waals surface area contributed by atoms with Crippen LogP contribution in [0.2, 0.25) is 0 Å². The van der Waals surface area contributed by atoms with Gasteiger partial charge in [0.25, 0.3) is 5.91 Å². The Balaban J connectivity index is 1.83. The van der Waals surface area contributed by atoms with Crippen LogP contribution < -0.4 is 4.74 Å². The third kappa shape index (κ3) is 5.71. The van der Waals surface area contributed by atoms with Gasteiger partial charge in [-0.25, -0.2) is 0 Å². The summed E-state index contributed by atoms with van der Waals surface area (Å²) in [4.78, 5) is 14.3. The average molecular weight is 317 g/mol. The molecule has 1 fully saturated rings. The third-order valence-corrected chi connectivity index (χ3v) is 3.96. The SMILES string of the molecule is C=C(C)COc1cccc(C(=O)N(C)CCCC2CCCO2)c1. The molecule has 1 saturated heterocycles. The molecular weight excluding hydrogens is 290 g/mol. The molecule has 0 N–H and O–H groups in total. The zero-order valence-corrected chi connectivity index (χ0v) is 14.2. The van der Waals surface area contributed by atoms with Crippen LogP contribution in [0.5, 0.6) is 5.75 Å². The van der Waals surface area contributed by atoms with Crippen LogP contribution in [0.25, 0.3) is 0 Å². The number of nitrogens with zero attached hydrogens (tertiary/aromatic N) is 1. The van der Waals surface area contributed by atoms with Gasteiger partial charge in [0, 0.05) is 25.8 Å². The van der Waals surface area contributed by atoms with E-state index in [4.69, 9.17) is 9.47 Å². The first-order valence-electron chi connectivity index (χ1n) is 8.30. The molecule has 0 spiro atoms. The van der Waals surface area contributed by atoms with Gasteiger partial charge in [-0.1, -0.05) is 12.6 Å². The molecule has 1 aliphatic heterocycles. The highest BCUT2D eigenvalue weighted by Crippen LogP contribution is 2.18. The summed E-state index contributed by atoms with van der Waals surface area (Å²) in [5.74, 6) is 0.727. The van der Waals surface area contributed by atoms with E-state index in [0.717, 1.165) is 44.4 Å². The zero-order valence-electron chi connectivity index (χ0n) is 14.2. The first kappa shape index (κ1) is 17.5. The minimum absolute atomic E-state index is 0.0260. The van der Waals surface area contributed by atoms with Crippen molar-refractivity contribution in [2.45, 2.75) is 38.7 Å². The summed E-state index contributed by atoms with van der Waals surface area (Å²) >= 11 is 0. The van der Waals surface area contributed by atoms with Crippen LogP contribution in [0.1, 0.15) is 43.0 Å². The third-order valence-electron chi connectivity index (χ3n) is 3.96. The Labute approximate surface area is 139 Å². The molecule has 1 atom stereocenters. The van der Waals surface area contributed by atoms with Crippen molar-refractivity contribution in [3.05, 3.63) is 42.0 Å². The first-order valence-corrected chi connectivity index (χ1v) is 8.30. The second-order valence-corrected chi connectivity index (χ2v) is 6.28. The summed E-state index contributed by atoms with van der Waals surface area (Å²) in [5, 5.41) is 0. The Hall–Kier alpha value is -1.81. The van der Waals surface area contributed by atoms with Crippen molar-refractivity contribution >= 4 is 5.91 Å². The Kier molecular flexibility index (Phi) is 6.66. The normalized spacial score (nSPS) is 17.0. The van der Waals surface area contributed by atoms with E-state index in [9.17, 15) is 4.79 Å². The van der Waals surface area contributed by atoms with Crippen molar-refractivity contribution in [2.75, 3.05) is 26.8 Å². The van der Waals surface area contributed by atoms with Gasteiger partial charge in [-0.3, -0.25) is 4.79 Å². The van der Waals surface area contributed by atoms with E-state index in [1.165, 1.54) is 0 Å². The van der Waals surface area contributed by atoms with Crippen molar-refractivity contribution in [1.82, 2.24) is 4.90 Å². The second kappa shape index (κ2) is 8.73. The number of rotatable bonds is 8. The van der Waals surface area contributed by atoms with E-state index in [-0.39, 0.29) is 5.91 Å². The van der Waals surface area contributed by atoms with Gasteiger partial charge in [0.2, 0.25) is 0 Å². The molecule has 1 aromatic rings. The van der Waals surface area contributed by atoms with Gasteiger partial charge in [-0.05, 0) is 56.4 Å². The minimum Gasteiger partial charge on any atom is -0.489 e. The van der Waals surface area contributed by atoms with Gasteiger partial charge in [-0.2, -0.15) is 0 Å². The number of hydrogen-bond donors (Lipinski definition) is 0. The fourth-order valence-electron chi connectivity index (χ4n) is 2.68. The van der Waals surface area contributed by atoms with Gasteiger partial charge in [-0.15, -0.1) is 0 Å². The highest BCUT2D eigenvalue weighted by atomic mass is 16.5. The molecule has 1 amide bonds. The van der Waals surface area contributed by atoms with Gasteiger partial charge < -0.3 is 14.4 Å². The topological polar surface area (TPSA) is 38.8 Å². The Bertz CT molecular complexity index is 535. The molecule has 1 aromatic carbocycles. The van der Waals surface area contributed by atoms with Crippen LogP contribution in [-0.4, -0.2) is 43.7 Å². The Morgan fingerprint density at radius 1 is 1.48 bits per heavy atom. The summed E-state index contributed by atoms with van der Waals surface area (Å²) in [6.45, 7) is 7.82. The van der Waals surface area contributed by atoms with Gasteiger partial charge in [0.05, 0.1) is 6.10 Å². The van der Waals surface area contributed by atoms with E-state index >= 15 is 0 Å². The lowest BCUT2D eigenvalue weighted by molar-refractivity contribution is 0.0763. The van der Waals surface area contributed by atoms with E-state index in [2.05, 4.69) is 6.58 Å². The summed E-state index contributed by atoms with van der Waals surface area (Å²) in [5.41, 5.74) is 1.61. The Morgan fingerprint density at radius 3 is 3.00 bits per heavy atom. The van der Waals surface area contributed by atoms with E-state index in [1.54, 1.807) is 11.0 Å². The van der Waals surface area contributed by atoms with Crippen molar-refractivity contribution in [3.8, 4) is 5.75 Å². The number of carbonyl (C=O) groups is 1. The van der Waals surface area contributed by atoms with E-state index in [1.807, 2.05) is 32.2 Å². The van der Waals surface area contributed by atoms with Crippen LogP contribution in [0, 0.1) is 0 Å². The number of ether oxygens (including phenoxy) is 2. The molecule has 0 aromatic heterocycles. The highest BCUT2D eigenvalue weighted by molar-refractivity contribution is 5.94. The van der Waals surface area contributed by atoms with Crippen LogP contribution in [0.15, 0.2) is 36.4 Å². The molecule has 0 saturated carbocycles. The molecule has 4 nitrogen and oxygen atoms in total. The molecule has 0 aliphatic carbocycles. The fourth-order valence-corrected chi connectivity index (χ4v) is 2.68. The smallest absolute Gasteiger partial charge is 0.253 e. The molecule has 2 rings (SSSR count). The van der Waals surface area contributed by atoms with Gasteiger partial charge in [0.15, 0.2) is 0 Å². The lowest BCUT2D eigenvalue weighted by Gasteiger charge is -2.18. The number of benzene rings is 1. The van der Waals surface area contributed by atoms with Gasteiger partial charge >= 0.3 is 0 Å². The molecule has 126 valence electrons. The van der Waals surface area contributed by atoms with Crippen molar-refractivity contribution in [2.24, 2.45) is 0 Å². The number of amides is 1. The zero-order chi connectivity index (χ0) is 16.7. The molecule has 4 heteroatoms. The van der Waals surface area contributed by atoms with Crippen LogP contribution in [0.4, 0.5) is 0 Å². The summed E-state index contributed by atoms with van der Waals surface area (Å²) in [6, 6.07) is 7.33. The number of carbonyl (C=O) groups excluding carboxylic acids is 1. The predicted octanol–water partition coefficient (Wildman–Crippen LogP) is 3.67. The van der Waals surface area contributed by atoms with Crippen molar-refractivity contribution in [1.29, 1.82) is 0 Å².